The average Bonchev–Trinajstić information content (AvgIpc) is 2.17. The molecule has 1 aromatic heterocycles. The van der Waals surface area contributed by atoms with Gasteiger partial charge in [-0.15, -0.1) is 0 Å². The number of hydrogen-bond donors (Lipinski definition) is 0. The molecule has 0 N–H and O–H groups in total. The molecule has 1 rings (SSSR count). The lowest BCUT2D eigenvalue weighted by Crippen LogP contribution is -2.26. The van der Waals surface area contributed by atoms with Crippen LogP contribution in [0, 0.1) is 17.2 Å². The Morgan fingerprint density at radius 1 is 1.50 bits per heavy atom. The van der Waals surface area contributed by atoms with E-state index in [1.807, 2.05) is 26.8 Å². The Morgan fingerprint density at radius 2 is 2.14 bits per heavy atom. The molecule has 0 aliphatic heterocycles. The molecule has 0 aliphatic rings. The molecule has 0 radical (unpaired) electrons. The minimum Gasteiger partial charge on any atom is -0.244 e. The predicted molar refractivity (Wildman–Crippen MR) is 57.1 cm³/mol. The molecule has 0 aromatic carbocycles. The van der Waals surface area contributed by atoms with Gasteiger partial charge in [0.1, 0.15) is 5.15 Å². The Balaban J connectivity index is 3.15. The average molecular weight is 209 g/mol. The molecule has 1 heterocycles. The molecule has 2 nitrogen and oxygen atoms in total. The van der Waals surface area contributed by atoms with E-state index >= 15 is 0 Å². The molecule has 0 fully saturated rings. The second-order valence-electron chi connectivity index (χ2n) is 3.84. The highest BCUT2D eigenvalue weighted by atomic mass is 35.5. The summed E-state index contributed by atoms with van der Waals surface area (Å²) in [5, 5.41) is 9.62. The topological polar surface area (TPSA) is 36.7 Å². The molecule has 1 atom stereocenters. The normalized spacial score (nSPS) is 14.9. The predicted octanol–water partition coefficient (Wildman–Crippen LogP) is 3.17. The minimum atomic E-state index is -0.489. The third-order valence-corrected chi connectivity index (χ3v) is 2.94. The fraction of sp³-hybridized carbons (Fsp3) is 0.455. The van der Waals surface area contributed by atoms with Crippen molar-refractivity contribution in [2.24, 2.45) is 5.92 Å². The minimum absolute atomic E-state index is 0.246. The lowest BCUT2D eigenvalue weighted by Gasteiger charge is -2.25. The van der Waals surface area contributed by atoms with E-state index in [2.05, 4.69) is 11.1 Å². The van der Waals surface area contributed by atoms with Crippen molar-refractivity contribution in [2.45, 2.75) is 26.2 Å². The highest BCUT2D eigenvalue weighted by Crippen LogP contribution is 2.30. The Hall–Kier alpha value is -1.07. The standard InChI is InChI=1S/C11H13ClN2/c1-8(2)11(3,7-13)9-4-5-10(12)14-6-9/h4-6,8H,1-3H3. The van der Waals surface area contributed by atoms with Gasteiger partial charge in [0.2, 0.25) is 0 Å². The Labute approximate surface area is 89.5 Å². The summed E-state index contributed by atoms with van der Waals surface area (Å²) in [5.74, 6) is 0.246. The lowest BCUT2D eigenvalue weighted by molar-refractivity contribution is 0.430. The molecular formula is C11H13ClN2. The van der Waals surface area contributed by atoms with Gasteiger partial charge < -0.3 is 0 Å². The van der Waals surface area contributed by atoms with Gasteiger partial charge in [0.25, 0.3) is 0 Å². The van der Waals surface area contributed by atoms with Crippen molar-refractivity contribution < 1.29 is 0 Å². The first kappa shape index (κ1) is 11.0. The number of pyridine rings is 1. The van der Waals surface area contributed by atoms with Gasteiger partial charge in [0, 0.05) is 6.20 Å². The summed E-state index contributed by atoms with van der Waals surface area (Å²) < 4.78 is 0. The molecule has 0 amide bonds. The van der Waals surface area contributed by atoms with E-state index < -0.39 is 5.41 Å². The van der Waals surface area contributed by atoms with Gasteiger partial charge in [-0.05, 0) is 24.5 Å². The number of nitriles is 1. The molecule has 14 heavy (non-hydrogen) atoms. The van der Waals surface area contributed by atoms with Crippen molar-refractivity contribution in [2.75, 3.05) is 0 Å². The molecule has 0 saturated carbocycles. The molecule has 3 heteroatoms. The van der Waals surface area contributed by atoms with E-state index in [4.69, 9.17) is 16.9 Å². The summed E-state index contributed by atoms with van der Waals surface area (Å²) in [6.07, 6.45) is 1.67. The zero-order valence-corrected chi connectivity index (χ0v) is 9.34. The maximum absolute atomic E-state index is 9.17. The molecule has 0 saturated heterocycles. The van der Waals surface area contributed by atoms with Crippen LogP contribution in [-0.4, -0.2) is 4.98 Å². The van der Waals surface area contributed by atoms with E-state index in [9.17, 15) is 0 Å². The zero-order valence-electron chi connectivity index (χ0n) is 8.58. The molecule has 0 bridgehead atoms. The maximum atomic E-state index is 9.17. The van der Waals surface area contributed by atoms with Crippen LogP contribution in [0.1, 0.15) is 26.3 Å². The maximum Gasteiger partial charge on any atom is 0.129 e. The first-order chi connectivity index (χ1) is 6.50. The van der Waals surface area contributed by atoms with E-state index in [0.29, 0.717) is 5.15 Å². The van der Waals surface area contributed by atoms with Gasteiger partial charge in [0.05, 0.1) is 11.5 Å². The number of rotatable bonds is 2. The summed E-state index contributed by atoms with van der Waals surface area (Å²) in [5.41, 5.74) is 0.428. The third-order valence-electron chi connectivity index (χ3n) is 2.71. The number of nitrogens with zero attached hydrogens (tertiary/aromatic N) is 2. The van der Waals surface area contributed by atoms with E-state index in [-0.39, 0.29) is 5.92 Å². The zero-order chi connectivity index (χ0) is 10.8. The van der Waals surface area contributed by atoms with E-state index in [1.54, 1.807) is 12.3 Å². The summed E-state index contributed by atoms with van der Waals surface area (Å²) in [6, 6.07) is 5.91. The van der Waals surface area contributed by atoms with Crippen LogP contribution >= 0.6 is 11.6 Å². The smallest absolute Gasteiger partial charge is 0.129 e. The van der Waals surface area contributed by atoms with Crippen LogP contribution in [0.5, 0.6) is 0 Å². The summed E-state index contributed by atoms with van der Waals surface area (Å²) >= 11 is 5.69. The van der Waals surface area contributed by atoms with E-state index in [1.165, 1.54) is 0 Å². The van der Waals surface area contributed by atoms with Gasteiger partial charge in [-0.2, -0.15) is 5.26 Å². The van der Waals surface area contributed by atoms with Gasteiger partial charge in [0.15, 0.2) is 0 Å². The summed E-state index contributed by atoms with van der Waals surface area (Å²) in [4.78, 5) is 3.99. The second-order valence-corrected chi connectivity index (χ2v) is 4.23. The van der Waals surface area contributed by atoms with Crippen LogP contribution in [0.2, 0.25) is 5.15 Å². The quantitative estimate of drug-likeness (QED) is 0.700. The molecule has 1 unspecified atom stereocenters. The Morgan fingerprint density at radius 3 is 2.50 bits per heavy atom. The van der Waals surface area contributed by atoms with Crippen LogP contribution in [0.4, 0.5) is 0 Å². The Kier molecular flexibility index (Phi) is 3.13. The second kappa shape index (κ2) is 3.98. The fourth-order valence-electron chi connectivity index (χ4n) is 1.21. The van der Waals surface area contributed by atoms with E-state index in [0.717, 1.165) is 5.56 Å². The highest BCUT2D eigenvalue weighted by molar-refractivity contribution is 6.29. The van der Waals surface area contributed by atoms with Crippen molar-refractivity contribution in [1.82, 2.24) is 4.98 Å². The van der Waals surface area contributed by atoms with Crippen LogP contribution < -0.4 is 0 Å². The van der Waals surface area contributed by atoms with Crippen LogP contribution in [0.25, 0.3) is 0 Å². The van der Waals surface area contributed by atoms with Gasteiger partial charge in [-0.1, -0.05) is 31.5 Å². The third kappa shape index (κ3) is 1.88. The van der Waals surface area contributed by atoms with Crippen molar-refractivity contribution in [1.29, 1.82) is 5.26 Å². The van der Waals surface area contributed by atoms with Gasteiger partial charge >= 0.3 is 0 Å². The highest BCUT2D eigenvalue weighted by Gasteiger charge is 2.30. The first-order valence-corrected chi connectivity index (χ1v) is 4.92. The molecular weight excluding hydrogens is 196 g/mol. The van der Waals surface area contributed by atoms with Crippen molar-refractivity contribution in [3.63, 3.8) is 0 Å². The van der Waals surface area contributed by atoms with Crippen molar-refractivity contribution in [3.8, 4) is 6.07 Å². The summed E-state index contributed by atoms with van der Waals surface area (Å²) in [7, 11) is 0. The summed E-state index contributed by atoms with van der Waals surface area (Å²) in [6.45, 7) is 5.97. The molecule has 0 spiro atoms. The van der Waals surface area contributed by atoms with Crippen molar-refractivity contribution in [3.05, 3.63) is 29.0 Å². The van der Waals surface area contributed by atoms with Crippen LogP contribution in [0.3, 0.4) is 0 Å². The monoisotopic (exact) mass is 208 g/mol. The van der Waals surface area contributed by atoms with Crippen LogP contribution in [-0.2, 0) is 5.41 Å². The lowest BCUT2D eigenvalue weighted by atomic mass is 9.75. The number of aromatic nitrogens is 1. The van der Waals surface area contributed by atoms with Crippen molar-refractivity contribution >= 4 is 11.6 Å². The molecule has 74 valence electrons. The first-order valence-electron chi connectivity index (χ1n) is 4.54. The largest absolute Gasteiger partial charge is 0.244 e. The van der Waals surface area contributed by atoms with Gasteiger partial charge in [-0.25, -0.2) is 4.98 Å². The Bertz CT molecular complexity index is 351. The molecule has 1 aromatic rings. The van der Waals surface area contributed by atoms with Crippen LogP contribution in [0.15, 0.2) is 18.3 Å². The molecule has 0 aliphatic carbocycles. The number of hydrogen-bond acceptors (Lipinski definition) is 2. The SMILES string of the molecule is CC(C)C(C)(C#N)c1ccc(Cl)nc1. The van der Waals surface area contributed by atoms with Gasteiger partial charge in [-0.3, -0.25) is 0 Å². The fourth-order valence-corrected chi connectivity index (χ4v) is 1.32. The number of halogens is 1.